The van der Waals surface area contributed by atoms with Crippen molar-refractivity contribution in [2.24, 2.45) is 17.6 Å². The van der Waals surface area contributed by atoms with Crippen molar-refractivity contribution in [2.75, 3.05) is 11.9 Å². The summed E-state index contributed by atoms with van der Waals surface area (Å²) >= 11 is 0. The number of phenolic OH excluding ortho intramolecular Hbond substituents is 1. The molecular formula is C35H30N2O9. The summed E-state index contributed by atoms with van der Waals surface area (Å²) in [6, 6.07) is 18.8. The van der Waals surface area contributed by atoms with Gasteiger partial charge in [-0.15, -0.1) is 0 Å². The Hall–Kier alpha value is -5.42. The predicted octanol–water partition coefficient (Wildman–Crippen LogP) is 4.35. The second kappa shape index (κ2) is 10.3. The Balaban J connectivity index is 1.18. The fourth-order valence-corrected chi connectivity index (χ4v) is 7.76. The fourth-order valence-electron chi connectivity index (χ4n) is 7.76. The molecule has 7 N–H and O–H groups in total. The molecule has 0 spiro atoms. The van der Waals surface area contributed by atoms with Crippen LogP contribution in [0, 0.1) is 11.8 Å². The molecule has 4 atom stereocenters. The Labute approximate surface area is 262 Å². The third-order valence-electron chi connectivity index (χ3n) is 10.0. The summed E-state index contributed by atoms with van der Waals surface area (Å²) in [5.41, 5.74) is 5.92. The van der Waals surface area contributed by atoms with E-state index in [0.29, 0.717) is 5.56 Å². The molecule has 3 aromatic carbocycles. The molecule has 1 unspecified atom stereocenters. The van der Waals surface area contributed by atoms with E-state index in [1.807, 2.05) is 48.5 Å². The van der Waals surface area contributed by atoms with Crippen molar-refractivity contribution in [2.45, 2.75) is 37.2 Å². The molecule has 4 aliphatic rings. The Bertz CT molecular complexity index is 1920. The standard InChI is InChI=1S/C35H30N2O9/c1-15-17-10-11-24(37-34(44)46-14-23-20-8-4-2-6-18(20)19-7-3-5-9-21(19)23)29(39)26(17)30(40)27-22(15)12-16-13-25(38)28(33(36)43)32(42)35(16,45)31(27)41/h2-11,15-16,22-23,39-40,42,45H,12-14H2,1H3,(H2,36,43)(H,37,44)/t15-,16-,22?,35-/m0/s1. The van der Waals surface area contributed by atoms with E-state index in [9.17, 15) is 39.6 Å². The number of nitrogens with two attached hydrogens (primary N) is 1. The molecule has 0 saturated heterocycles. The molecule has 0 heterocycles. The predicted molar refractivity (Wildman–Crippen MR) is 165 cm³/mol. The molecule has 4 aliphatic carbocycles. The van der Waals surface area contributed by atoms with E-state index in [1.54, 1.807) is 13.0 Å². The van der Waals surface area contributed by atoms with Gasteiger partial charge in [0.1, 0.15) is 29.4 Å². The number of hydrogen-bond acceptors (Lipinski definition) is 9. The highest BCUT2D eigenvalue weighted by Gasteiger charge is 2.61. The Morgan fingerprint density at radius 2 is 1.59 bits per heavy atom. The largest absolute Gasteiger partial charge is 0.508 e. The minimum absolute atomic E-state index is 0.0184. The first-order chi connectivity index (χ1) is 21.9. The molecule has 0 aromatic heterocycles. The third kappa shape index (κ3) is 4.01. The molecule has 11 nitrogen and oxygen atoms in total. The monoisotopic (exact) mass is 622 g/mol. The average Bonchev–Trinajstić information content (AvgIpc) is 3.34. The van der Waals surface area contributed by atoms with E-state index >= 15 is 0 Å². The van der Waals surface area contributed by atoms with Crippen LogP contribution < -0.4 is 11.1 Å². The minimum atomic E-state index is -2.66. The second-order valence-corrected chi connectivity index (χ2v) is 12.3. The number of anilines is 1. The van der Waals surface area contributed by atoms with E-state index < -0.39 is 76.2 Å². The number of hydrogen-bond donors (Lipinski definition) is 6. The van der Waals surface area contributed by atoms with Gasteiger partial charge in [-0.3, -0.25) is 19.7 Å². The fraction of sp³-hybridized carbons (Fsp3) is 0.257. The molecule has 0 bridgehead atoms. The summed E-state index contributed by atoms with van der Waals surface area (Å²) < 4.78 is 5.59. The average molecular weight is 623 g/mol. The van der Waals surface area contributed by atoms with E-state index in [2.05, 4.69) is 5.32 Å². The number of phenols is 1. The summed E-state index contributed by atoms with van der Waals surface area (Å²) in [6.45, 7) is 1.79. The van der Waals surface area contributed by atoms with Crippen molar-refractivity contribution in [3.63, 3.8) is 0 Å². The third-order valence-corrected chi connectivity index (χ3v) is 10.0. The van der Waals surface area contributed by atoms with Crippen LogP contribution in [0.5, 0.6) is 5.75 Å². The molecule has 7 rings (SSSR count). The van der Waals surface area contributed by atoms with Crippen molar-refractivity contribution in [1.82, 2.24) is 0 Å². The summed E-state index contributed by atoms with van der Waals surface area (Å²) in [4.78, 5) is 51.3. The number of primary amides is 1. The van der Waals surface area contributed by atoms with Crippen molar-refractivity contribution in [3.05, 3.63) is 99.8 Å². The number of aliphatic hydroxyl groups excluding tert-OH is 2. The zero-order valence-electron chi connectivity index (χ0n) is 24.6. The van der Waals surface area contributed by atoms with Gasteiger partial charge in [0.25, 0.3) is 5.91 Å². The number of fused-ring (bicyclic) bond motifs is 6. The number of nitrogens with one attached hydrogen (secondary N) is 1. The van der Waals surface area contributed by atoms with Crippen LogP contribution in [0.25, 0.3) is 16.9 Å². The molecule has 0 radical (unpaired) electrons. The van der Waals surface area contributed by atoms with Crippen LogP contribution in [0.4, 0.5) is 10.5 Å². The topological polar surface area (TPSA) is 196 Å². The van der Waals surface area contributed by atoms with Crippen LogP contribution in [0.15, 0.2) is 77.6 Å². The lowest BCUT2D eigenvalue weighted by molar-refractivity contribution is -0.148. The molecule has 1 fully saturated rings. The highest BCUT2D eigenvalue weighted by molar-refractivity contribution is 6.22. The first-order valence-electron chi connectivity index (χ1n) is 14.9. The molecule has 11 heteroatoms. The van der Waals surface area contributed by atoms with Crippen LogP contribution >= 0.6 is 0 Å². The van der Waals surface area contributed by atoms with Gasteiger partial charge in [-0.2, -0.15) is 0 Å². The Morgan fingerprint density at radius 1 is 0.957 bits per heavy atom. The van der Waals surface area contributed by atoms with E-state index in [4.69, 9.17) is 10.5 Å². The van der Waals surface area contributed by atoms with Crippen LogP contribution in [0.3, 0.4) is 0 Å². The van der Waals surface area contributed by atoms with Crippen LogP contribution in [-0.4, -0.2) is 56.2 Å². The maximum Gasteiger partial charge on any atom is 0.411 e. The van der Waals surface area contributed by atoms with Crippen LogP contribution in [-0.2, 0) is 19.1 Å². The van der Waals surface area contributed by atoms with Gasteiger partial charge in [0.15, 0.2) is 11.4 Å². The number of ketones is 2. The molecule has 234 valence electrons. The SMILES string of the molecule is C[C@H]1c2ccc(NC(=O)OCC3c4ccccc4-c4ccccc43)c(O)c2C(O)=C2C(=O)[C@]3(O)C(O)=C(C(N)=O)C(=O)C[C@@H]3CC21. The molecule has 0 aliphatic heterocycles. The van der Waals surface area contributed by atoms with E-state index in [0.717, 1.165) is 22.3 Å². The highest BCUT2D eigenvalue weighted by atomic mass is 16.5. The smallest absolute Gasteiger partial charge is 0.411 e. The zero-order chi connectivity index (χ0) is 32.7. The maximum atomic E-state index is 13.8. The Kier molecular flexibility index (Phi) is 6.57. The molecular weight excluding hydrogens is 592 g/mol. The summed E-state index contributed by atoms with van der Waals surface area (Å²) in [5.74, 6) is -7.90. The first kappa shape index (κ1) is 29.3. The van der Waals surface area contributed by atoms with Crippen molar-refractivity contribution in [1.29, 1.82) is 0 Å². The van der Waals surface area contributed by atoms with Crippen molar-refractivity contribution in [3.8, 4) is 16.9 Å². The minimum Gasteiger partial charge on any atom is -0.508 e. The van der Waals surface area contributed by atoms with Crippen molar-refractivity contribution < 1.29 is 44.3 Å². The molecule has 3 aromatic rings. The van der Waals surface area contributed by atoms with E-state index in [-0.39, 0.29) is 35.8 Å². The number of ether oxygens (including phenoxy) is 1. The first-order valence-corrected chi connectivity index (χ1v) is 14.9. The normalized spacial score (nSPS) is 24.9. The number of amides is 2. The molecule has 46 heavy (non-hydrogen) atoms. The second-order valence-electron chi connectivity index (χ2n) is 12.3. The van der Waals surface area contributed by atoms with Gasteiger partial charge in [0.05, 0.1) is 11.3 Å². The highest BCUT2D eigenvalue weighted by Crippen LogP contribution is 2.56. The number of Topliss-reactive ketones (excluding diaryl/α,β-unsaturated/α-hetero) is 2. The molecule has 1 saturated carbocycles. The number of benzene rings is 3. The lowest BCUT2D eigenvalue weighted by Crippen LogP contribution is -2.58. The van der Waals surface area contributed by atoms with Gasteiger partial charge in [-0.25, -0.2) is 4.79 Å². The lowest BCUT2D eigenvalue weighted by Gasteiger charge is -2.47. The van der Waals surface area contributed by atoms with Gasteiger partial charge in [-0.1, -0.05) is 61.5 Å². The van der Waals surface area contributed by atoms with Crippen molar-refractivity contribution >= 4 is 35.0 Å². The molecule has 2 amide bonds. The number of aromatic hydroxyl groups is 1. The lowest BCUT2D eigenvalue weighted by atomic mass is 9.57. The zero-order valence-corrected chi connectivity index (χ0v) is 24.6. The number of carbonyl (C=O) groups is 4. The van der Waals surface area contributed by atoms with Gasteiger partial charge in [0.2, 0.25) is 5.78 Å². The maximum absolute atomic E-state index is 13.8. The van der Waals surface area contributed by atoms with Gasteiger partial charge < -0.3 is 30.9 Å². The van der Waals surface area contributed by atoms with E-state index in [1.165, 1.54) is 6.07 Å². The summed E-state index contributed by atoms with van der Waals surface area (Å²) in [7, 11) is 0. The van der Waals surface area contributed by atoms with Gasteiger partial charge in [0, 0.05) is 23.8 Å². The summed E-state index contributed by atoms with van der Waals surface area (Å²) in [5, 5.41) is 47.5. The quantitative estimate of drug-likeness (QED) is 0.181. The summed E-state index contributed by atoms with van der Waals surface area (Å²) in [6.07, 6.45) is -1.23. The van der Waals surface area contributed by atoms with Gasteiger partial charge in [-0.05, 0) is 52.1 Å². The van der Waals surface area contributed by atoms with Crippen LogP contribution in [0.1, 0.15) is 53.9 Å². The van der Waals surface area contributed by atoms with Gasteiger partial charge >= 0.3 is 6.09 Å². The Morgan fingerprint density at radius 3 is 2.22 bits per heavy atom. The number of carbonyl (C=O) groups excluding carboxylic acids is 4. The number of aliphatic hydroxyl groups is 3. The number of rotatable bonds is 4. The van der Waals surface area contributed by atoms with Crippen LogP contribution in [0.2, 0.25) is 0 Å².